The summed E-state index contributed by atoms with van der Waals surface area (Å²) >= 11 is 1.83. The molecule has 1 fully saturated rings. The van der Waals surface area contributed by atoms with Crippen LogP contribution in [0.25, 0.3) is 0 Å². The lowest BCUT2D eigenvalue weighted by Gasteiger charge is -2.16. The number of rotatable bonds is 5. The summed E-state index contributed by atoms with van der Waals surface area (Å²) < 4.78 is 0.292. The quantitative estimate of drug-likeness (QED) is 0.701. The first-order valence-corrected chi connectivity index (χ1v) is 6.71. The molecule has 0 amide bonds. The molecule has 0 aliphatic heterocycles. The second-order valence-electron chi connectivity index (χ2n) is 4.35. The summed E-state index contributed by atoms with van der Waals surface area (Å²) in [6, 6.07) is 4.83. The predicted octanol–water partition coefficient (Wildman–Crippen LogP) is 2.27. The van der Waals surface area contributed by atoms with Gasteiger partial charge in [0.25, 0.3) is 0 Å². The zero-order chi connectivity index (χ0) is 12.5. The van der Waals surface area contributed by atoms with E-state index in [-0.39, 0.29) is 5.56 Å². The second kappa shape index (κ2) is 4.49. The van der Waals surface area contributed by atoms with Crippen molar-refractivity contribution in [2.24, 2.45) is 0 Å². The van der Waals surface area contributed by atoms with E-state index in [2.05, 4.69) is 11.6 Å². The van der Waals surface area contributed by atoms with E-state index in [1.54, 1.807) is 18.2 Å². The number of nitrogen functional groups attached to an aromatic ring is 1. The molecule has 1 aromatic carbocycles. The number of anilines is 2. The zero-order valence-corrected chi connectivity index (χ0v) is 10.5. The summed E-state index contributed by atoms with van der Waals surface area (Å²) in [6.45, 7) is 0.790. The van der Waals surface area contributed by atoms with Crippen molar-refractivity contribution in [3.8, 4) is 0 Å². The van der Waals surface area contributed by atoms with Crippen molar-refractivity contribution in [3.63, 3.8) is 0 Å². The Bertz CT molecular complexity index is 444. The third kappa shape index (κ3) is 2.66. The molecule has 0 atom stereocenters. The van der Waals surface area contributed by atoms with Crippen LogP contribution in [0.15, 0.2) is 18.2 Å². The van der Waals surface area contributed by atoms with Crippen molar-refractivity contribution in [1.29, 1.82) is 0 Å². The summed E-state index contributed by atoms with van der Waals surface area (Å²) in [4.78, 5) is 11.1. The molecule has 17 heavy (non-hydrogen) atoms. The molecule has 1 aliphatic carbocycles. The molecular formula is C12H16N2O2S. The molecule has 0 aromatic heterocycles. The Hall–Kier alpha value is -1.36. The predicted molar refractivity (Wildman–Crippen MR) is 71.8 cm³/mol. The van der Waals surface area contributed by atoms with Gasteiger partial charge >= 0.3 is 5.97 Å². The minimum absolute atomic E-state index is 0.274. The first-order chi connectivity index (χ1) is 8.06. The fraction of sp³-hybridized carbons (Fsp3) is 0.417. The lowest BCUT2D eigenvalue weighted by atomic mass is 10.1. The molecule has 0 unspecified atom stereocenters. The zero-order valence-electron chi connectivity index (χ0n) is 9.69. The first-order valence-electron chi connectivity index (χ1n) is 5.48. The molecule has 0 heterocycles. The summed E-state index contributed by atoms with van der Waals surface area (Å²) in [7, 11) is 0. The number of hydrogen-bond donors (Lipinski definition) is 3. The van der Waals surface area contributed by atoms with Gasteiger partial charge < -0.3 is 16.2 Å². The maximum absolute atomic E-state index is 11.1. The van der Waals surface area contributed by atoms with Crippen LogP contribution in [-0.2, 0) is 0 Å². The van der Waals surface area contributed by atoms with E-state index in [4.69, 9.17) is 10.8 Å². The van der Waals surface area contributed by atoms with Crippen LogP contribution in [0.2, 0.25) is 0 Å². The summed E-state index contributed by atoms with van der Waals surface area (Å²) in [5.41, 5.74) is 7.14. The number of carboxylic acids is 1. The normalized spacial score (nSPS) is 16.5. The highest BCUT2D eigenvalue weighted by Crippen LogP contribution is 2.47. The minimum Gasteiger partial charge on any atom is -0.478 e. The standard InChI is InChI=1S/C12H16N2O2S/c1-17-12(4-5-12)7-14-10-6-8(13)2-3-9(10)11(15)16/h2-3,6,14H,4-5,7,13H2,1H3,(H,15,16). The molecule has 2 rings (SSSR count). The van der Waals surface area contributed by atoms with Gasteiger partial charge in [-0.05, 0) is 37.3 Å². The third-order valence-electron chi connectivity index (χ3n) is 3.12. The molecule has 92 valence electrons. The average Bonchev–Trinajstić information content (AvgIpc) is 3.07. The van der Waals surface area contributed by atoms with E-state index >= 15 is 0 Å². The molecule has 5 heteroatoms. The van der Waals surface area contributed by atoms with E-state index in [0.717, 1.165) is 6.54 Å². The molecule has 1 aliphatic rings. The Morgan fingerprint density at radius 2 is 2.29 bits per heavy atom. The molecule has 1 aromatic rings. The van der Waals surface area contributed by atoms with E-state index < -0.39 is 5.97 Å². The van der Waals surface area contributed by atoms with Crippen LogP contribution in [0.3, 0.4) is 0 Å². The Morgan fingerprint density at radius 1 is 1.59 bits per heavy atom. The Morgan fingerprint density at radius 3 is 2.82 bits per heavy atom. The van der Waals surface area contributed by atoms with Crippen molar-refractivity contribution in [3.05, 3.63) is 23.8 Å². The van der Waals surface area contributed by atoms with Crippen molar-refractivity contribution in [2.75, 3.05) is 23.9 Å². The Kier molecular flexibility index (Phi) is 3.19. The topological polar surface area (TPSA) is 75.3 Å². The SMILES string of the molecule is CSC1(CNc2cc(N)ccc2C(=O)O)CC1. The van der Waals surface area contributed by atoms with Crippen molar-refractivity contribution >= 4 is 29.1 Å². The van der Waals surface area contributed by atoms with Gasteiger partial charge in [0.15, 0.2) is 0 Å². The van der Waals surface area contributed by atoms with Gasteiger partial charge in [-0.2, -0.15) is 11.8 Å². The average molecular weight is 252 g/mol. The molecule has 0 saturated heterocycles. The first kappa shape index (κ1) is 12.1. The van der Waals surface area contributed by atoms with E-state index in [1.165, 1.54) is 12.8 Å². The van der Waals surface area contributed by atoms with Crippen LogP contribution >= 0.6 is 11.8 Å². The number of nitrogens with two attached hydrogens (primary N) is 1. The monoisotopic (exact) mass is 252 g/mol. The molecular weight excluding hydrogens is 236 g/mol. The molecule has 1 saturated carbocycles. The van der Waals surface area contributed by atoms with Gasteiger partial charge in [0, 0.05) is 17.0 Å². The highest BCUT2D eigenvalue weighted by atomic mass is 32.2. The van der Waals surface area contributed by atoms with E-state index in [0.29, 0.717) is 16.1 Å². The van der Waals surface area contributed by atoms with Crippen molar-refractivity contribution in [2.45, 2.75) is 17.6 Å². The molecule has 4 nitrogen and oxygen atoms in total. The largest absolute Gasteiger partial charge is 0.478 e. The van der Waals surface area contributed by atoms with Gasteiger partial charge in [-0.1, -0.05) is 0 Å². The molecule has 0 spiro atoms. The van der Waals surface area contributed by atoms with E-state index in [9.17, 15) is 4.79 Å². The summed E-state index contributed by atoms with van der Waals surface area (Å²) in [6.07, 6.45) is 4.46. The van der Waals surface area contributed by atoms with Gasteiger partial charge in [-0.25, -0.2) is 4.79 Å². The molecule has 0 radical (unpaired) electrons. The Labute approximate surface area is 105 Å². The smallest absolute Gasteiger partial charge is 0.337 e. The van der Waals surface area contributed by atoms with Crippen LogP contribution in [0.4, 0.5) is 11.4 Å². The molecule has 4 N–H and O–H groups in total. The van der Waals surface area contributed by atoms with Gasteiger partial charge in [-0.15, -0.1) is 0 Å². The number of carboxylic acid groups (broad SMARTS) is 1. The van der Waals surface area contributed by atoms with Gasteiger partial charge in [0.1, 0.15) is 0 Å². The number of carbonyl (C=O) groups is 1. The number of thioether (sulfide) groups is 1. The van der Waals surface area contributed by atoms with Crippen LogP contribution in [0, 0.1) is 0 Å². The van der Waals surface area contributed by atoms with Crippen LogP contribution in [-0.4, -0.2) is 28.6 Å². The maximum Gasteiger partial charge on any atom is 0.337 e. The minimum atomic E-state index is -0.929. The highest BCUT2D eigenvalue weighted by molar-refractivity contribution is 8.00. The van der Waals surface area contributed by atoms with Gasteiger partial charge in [0.2, 0.25) is 0 Å². The fourth-order valence-corrected chi connectivity index (χ4v) is 2.47. The molecule has 0 bridgehead atoms. The number of aromatic carboxylic acids is 1. The van der Waals surface area contributed by atoms with Gasteiger partial charge in [0.05, 0.1) is 11.3 Å². The third-order valence-corrected chi connectivity index (χ3v) is 4.53. The van der Waals surface area contributed by atoms with Crippen molar-refractivity contribution in [1.82, 2.24) is 0 Å². The number of benzene rings is 1. The van der Waals surface area contributed by atoms with Crippen LogP contribution < -0.4 is 11.1 Å². The second-order valence-corrected chi connectivity index (χ2v) is 5.63. The van der Waals surface area contributed by atoms with Crippen molar-refractivity contribution < 1.29 is 9.90 Å². The maximum atomic E-state index is 11.1. The number of hydrogen-bond acceptors (Lipinski definition) is 4. The lowest BCUT2D eigenvalue weighted by molar-refractivity contribution is 0.0698. The fourth-order valence-electron chi connectivity index (χ4n) is 1.74. The Balaban J connectivity index is 2.13. The van der Waals surface area contributed by atoms with Gasteiger partial charge in [-0.3, -0.25) is 0 Å². The number of nitrogens with one attached hydrogen (secondary N) is 1. The summed E-state index contributed by atoms with van der Waals surface area (Å²) in [5.74, 6) is -0.929. The van der Waals surface area contributed by atoms with E-state index in [1.807, 2.05) is 11.8 Å². The van der Waals surface area contributed by atoms with Crippen LogP contribution in [0.5, 0.6) is 0 Å². The lowest BCUT2D eigenvalue weighted by Crippen LogP contribution is -2.19. The van der Waals surface area contributed by atoms with Crippen LogP contribution in [0.1, 0.15) is 23.2 Å². The highest BCUT2D eigenvalue weighted by Gasteiger charge is 2.41. The summed E-state index contributed by atoms with van der Waals surface area (Å²) in [5, 5.41) is 12.3.